The van der Waals surface area contributed by atoms with Crippen LogP contribution in [-0.4, -0.2) is 4.57 Å². The highest BCUT2D eigenvalue weighted by Crippen LogP contribution is 2.43. The van der Waals surface area contributed by atoms with Crippen LogP contribution in [0.1, 0.15) is 120 Å². The fourth-order valence-corrected chi connectivity index (χ4v) is 6.67. The Balaban J connectivity index is 1.76. The van der Waals surface area contributed by atoms with Crippen molar-refractivity contribution in [1.29, 1.82) is 0 Å². The van der Waals surface area contributed by atoms with Gasteiger partial charge in [-0.05, 0) is 68.9 Å². The molecule has 0 aliphatic heterocycles. The molecule has 35 heavy (non-hydrogen) atoms. The average Bonchev–Trinajstić information content (AvgIpc) is 3.33. The maximum atomic E-state index is 2.61. The number of rotatable bonds is 6. The van der Waals surface area contributed by atoms with Crippen molar-refractivity contribution in [3.8, 4) is 17.1 Å². The minimum Gasteiger partial charge on any atom is -0.227 e. The van der Waals surface area contributed by atoms with Gasteiger partial charge in [-0.15, -0.1) is 0 Å². The first kappa shape index (κ1) is 24.3. The Hall–Kier alpha value is -2.35. The molecule has 2 nitrogen and oxygen atoms in total. The predicted octanol–water partition coefficient (Wildman–Crippen LogP) is 9.05. The van der Waals surface area contributed by atoms with Gasteiger partial charge < -0.3 is 0 Å². The van der Waals surface area contributed by atoms with Crippen LogP contribution in [0.5, 0.6) is 0 Å². The van der Waals surface area contributed by atoms with E-state index in [1.165, 1.54) is 86.8 Å². The van der Waals surface area contributed by atoms with E-state index in [4.69, 9.17) is 0 Å². The van der Waals surface area contributed by atoms with E-state index >= 15 is 0 Å². The molecule has 0 radical (unpaired) electrons. The molecule has 3 aromatic rings. The summed E-state index contributed by atoms with van der Waals surface area (Å²) in [6, 6.07) is 16.7. The summed E-state index contributed by atoms with van der Waals surface area (Å²) in [5.41, 5.74) is 7.42. The van der Waals surface area contributed by atoms with E-state index in [9.17, 15) is 0 Å². The van der Waals surface area contributed by atoms with Crippen molar-refractivity contribution in [2.75, 3.05) is 0 Å². The lowest BCUT2D eigenvalue weighted by Gasteiger charge is -2.28. The second-order valence-corrected chi connectivity index (χ2v) is 11.7. The number of nitrogens with zero attached hydrogens (tertiary/aromatic N) is 2. The maximum Gasteiger partial charge on any atom is 0.294 e. The van der Waals surface area contributed by atoms with Crippen molar-refractivity contribution in [2.45, 2.75) is 110 Å². The van der Waals surface area contributed by atoms with Gasteiger partial charge >= 0.3 is 0 Å². The number of aromatic nitrogens is 2. The summed E-state index contributed by atoms with van der Waals surface area (Å²) < 4.78 is 5.16. The van der Waals surface area contributed by atoms with Gasteiger partial charge in [0, 0.05) is 11.1 Å². The molecular weight excluding hydrogens is 424 g/mol. The molecule has 5 rings (SSSR count). The van der Waals surface area contributed by atoms with Crippen molar-refractivity contribution in [2.24, 2.45) is 5.92 Å². The van der Waals surface area contributed by atoms with Crippen molar-refractivity contribution in [3.05, 3.63) is 71.5 Å². The molecule has 0 saturated heterocycles. The van der Waals surface area contributed by atoms with Crippen LogP contribution < -0.4 is 4.57 Å². The predicted molar refractivity (Wildman–Crippen MR) is 147 cm³/mol. The Bertz CT molecular complexity index is 1090. The van der Waals surface area contributed by atoms with Crippen LogP contribution in [0.2, 0.25) is 0 Å². The highest BCUT2D eigenvalue weighted by atomic mass is 15.2. The molecule has 0 amide bonds. The van der Waals surface area contributed by atoms with Gasteiger partial charge in [0.25, 0.3) is 5.82 Å². The lowest BCUT2D eigenvalue weighted by molar-refractivity contribution is -0.714. The lowest BCUT2D eigenvalue weighted by Crippen LogP contribution is -2.41. The zero-order valence-corrected chi connectivity index (χ0v) is 22.5. The second-order valence-electron chi connectivity index (χ2n) is 11.7. The highest BCUT2D eigenvalue weighted by molar-refractivity contribution is 5.63. The lowest BCUT2D eigenvalue weighted by atomic mass is 9.78. The number of hydrogen-bond donors (Lipinski definition) is 0. The van der Waals surface area contributed by atoms with E-state index in [0.29, 0.717) is 23.8 Å². The van der Waals surface area contributed by atoms with E-state index in [0.717, 1.165) is 0 Å². The standard InChI is InChI=1S/C33H45N2/c1-24(2)26(4)34-22-23-35(33(34)29-19-12-11-14-25(29)3)32-30(27-15-7-5-8-16-27)20-13-21-31(32)28-17-9-6-10-18-28/h11-14,19-24,26-28H,5-10,15-18H2,1-4H3/q+1. The summed E-state index contributed by atoms with van der Waals surface area (Å²) in [6.45, 7) is 9.35. The molecule has 2 saturated carbocycles. The smallest absolute Gasteiger partial charge is 0.227 e. The molecule has 2 heteroatoms. The summed E-state index contributed by atoms with van der Waals surface area (Å²) in [4.78, 5) is 0. The topological polar surface area (TPSA) is 8.81 Å². The van der Waals surface area contributed by atoms with E-state index < -0.39 is 0 Å². The molecule has 1 atom stereocenters. The molecule has 186 valence electrons. The molecule has 2 aliphatic rings. The maximum absolute atomic E-state index is 2.61. The van der Waals surface area contributed by atoms with Gasteiger partial charge in [0.1, 0.15) is 24.1 Å². The summed E-state index contributed by atoms with van der Waals surface area (Å²) in [5.74, 6) is 3.30. The molecule has 1 heterocycles. The van der Waals surface area contributed by atoms with Gasteiger partial charge in [0.2, 0.25) is 0 Å². The first-order chi connectivity index (χ1) is 17.1. The number of hydrogen-bond acceptors (Lipinski definition) is 0. The highest BCUT2D eigenvalue weighted by Gasteiger charge is 2.33. The molecule has 2 aromatic carbocycles. The summed E-state index contributed by atoms with van der Waals surface area (Å²) in [7, 11) is 0. The molecular formula is C33H45N2+. The van der Waals surface area contributed by atoms with Crippen LogP contribution in [0.4, 0.5) is 0 Å². The van der Waals surface area contributed by atoms with E-state index in [1.54, 1.807) is 11.1 Å². The largest absolute Gasteiger partial charge is 0.294 e. The van der Waals surface area contributed by atoms with E-state index in [2.05, 4.69) is 91.7 Å². The Morgan fingerprint density at radius 1 is 0.743 bits per heavy atom. The van der Waals surface area contributed by atoms with Gasteiger partial charge in [0.15, 0.2) is 0 Å². The molecule has 0 bridgehead atoms. The summed E-state index contributed by atoms with van der Waals surface area (Å²) in [6.07, 6.45) is 18.4. The minimum absolute atomic E-state index is 0.436. The molecule has 2 fully saturated rings. The third kappa shape index (κ3) is 4.86. The number of para-hydroxylation sites is 1. The van der Waals surface area contributed by atoms with E-state index in [-0.39, 0.29) is 0 Å². The first-order valence-electron chi connectivity index (χ1n) is 14.4. The number of imidazole rings is 1. The Kier molecular flexibility index (Phi) is 7.46. The van der Waals surface area contributed by atoms with Gasteiger partial charge in [0.05, 0.1) is 5.56 Å². The van der Waals surface area contributed by atoms with Gasteiger partial charge in [-0.25, -0.2) is 4.57 Å². The van der Waals surface area contributed by atoms with Crippen molar-refractivity contribution >= 4 is 0 Å². The summed E-state index contributed by atoms with van der Waals surface area (Å²) >= 11 is 0. The van der Waals surface area contributed by atoms with Crippen LogP contribution in [0.15, 0.2) is 54.9 Å². The summed E-state index contributed by atoms with van der Waals surface area (Å²) in [5, 5.41) is 0. The quantitative estimate of drug-likeness (QED) is 0.318. The van der Waals surface area contributed by atoms with Crippen molar-refractivity contribution < 1.29 is 4.57 Å². The SMILES string of the molecule is Cc1ccccc1-c1n(-c2c(C3CCCCC3)cccc2C2CCCCC2)cc[n+]1C(C)C(C)C. The fourth-order valence-electron chi connectivity index (χ4n) is 6.67. The normalized spacial score (nSPS) is 18.8. The van der Waals surface area contributed by atoms with Crippen LogP contribution >= 0.6 is 0 Å². The van der Waals surface area contributed by atoms with E-state index in [1.807, 2.05) is 0 Å². The Morgan fingerprint density at radius 3 is 1.86 bits per heavy atom. The van der Waals surface area contributed by atoms with Crippen LogP contribution in [0.25, 0.3) is 17.1 Å². The third-order valence-corrected chi connectivity index (χ3v) is 9.07. The third-order valence-electron chi connectivity index (χ3n) is 9.07. The van der Waals surface area contributed by atoms with Gasteiger partial charge in [-0.1, -0.05) is 88.8 Å². The molecule has 1 aromatic heterocycles. The molecule has 0 spiro atoms. The van der Waals surface area contributed by atoms with Crippen LogP contribution in [-0.2, 0) is 0 Å². The second kappa shape index (κ2) is 10.7. The molecule has 2 aliphatic carbocycles. The first-order valence-corrected chi connectivity index (χ1v) is 14.4. The van der Waals surface area contributed by atoms with Crippen LogP contribution in [0.3, 0.4) is 0 Å². The zero-order chi connectivity index (χ0) is 24.4. The average molecular weight is 470 g/mol. The molecule has 0 N–H and O–H groups in total. The molecule has 1 unspecified atom stereocenters. The minimum atomic E-state index is 0.436. The monoisotopic (exact) mass is 469 g/mol. The van der Waals surface area contributed by atoms with Crippen LogP contribution in [0, 0.1) is 12.8 Å². The number of benzene rings is 2. The van der Waals surface area contributed by atoms with Crippen molar-refractivity contribution in [3.63, 3.8) is 0 Å². The van der Waals surface area contributed by atoms with Gasteiger partial charge in [-0.3, -0.25) is 0 Å². The zero-order valence-electron chi connectivity index (χ0n) is 22.5. The van der Waals surface area contributed by atoms with Crippen molar-refractivity contribution in [1.82, 2.24) is 4.57 Å². The fraction of sp³-hybridized carbons (Fsp3) is 0.545. The Morgan fingerprint density at radius 2 is 1.31 bits per heavy atom. The number of aryl methyl sites for hydroxylation is 1. The Labute approximate surface area is 213 Å². The van der Waals surface area contributed by atoms with Gasteiger partial charge in [-0.2, -0.15) is 4.57 Å².